The van der Waals surface area contributed by atoms with Gasteiger partial charge in [-0.3, -0.25) is 14.5 Å². The van der Waals surface area contributed by atoms with Crippen molar-refractivity contribution < 1.29 is 19.4 Å². The number of aromatic amines is 1. The van der Waals surface area contributed by atoms with Gasteiger partial charge in [0.25, 0.3) is 5.91 Å². The second-order valence-electron chi connectivity index (χ2n) is 6.60. The molecule has 0 saturated carbocycles. The van der Waals surface area contributed by atoms with E-state index in [2.05, 4.69) is 9.88 Å². The largest absolute Gasteiger partial charge is 0.396 e. The normalized spacial score (nSPS) is 20.1. The molecule has 1 fully saturated rings. The molecule has 2 aliphatic heterocycles. The number of aliphatic hydroxyl groups is 1. The van der Waals surface area contributed by atoms with Crippen LogP contribution in [0.3, 0.4) is 0 Å². The Balaban J connectivity index is 1.67. The van der Waals surface area contributed by atoms with Crippen LogP contribution >= 0.6 is 0 Å². The van der Waals surface area contributed by atoms with Gasteiger partial charge in [-0.15, -0.1) is 0 Å². The van der Waals surface area contributed by atoms with Gasteiger partial charge in [0.2, 0.25) is 0 Å². The summed E-state index contributed by atoms with van der Waals surface area (Å²) >= 11 is 0. The van der Waals surface area contributed by atoms with Crippen LogP contribution in [0.5, 0.6) is 0 Å². The Bertz CT molecular complexity index is 607. The predicted molar refractivity (Wildman–Crippen MR) is 88.4 cm³/mol. The summed E-state index contributed by atoms with van der Waals surface area (Å²) in [5, 5.41) is 9.72. The highest BCUT2D eigenvalue weighted by atomic mass is 16.5. The average Bonchev–Trinajstić information content (AvgIpc) is 2.94. The van der Waals surface area contributed by atoms with Crippen LogP contribution in [0.2, 0.25) is 0 Å². The van der Waals surface area contributed by atoms with Crippen LogP contribution in [0.25, 0.3) is 0 Å². The number of carbonyl (C=O) groups excluding carboxylic acids is 2. The molecule has 24 heavy (non-hydrogen) atoms. The Morgan fingerprint density at radius 2 is 2.04 bits per heavy atom. The Kier molecular flexibility index (Phi) is 5.33. The number of morpholine rings is 1. The Morgan fingerprint density at radius 3 is 2.71 bits per heavy atom. The zero-order valence-electron chi connectivity index (χ0n) is 14.1. The number of hydrogen-bond donors (Lipinski definition) is 2. The van der Waals surface area contributed by atoms with Crippen LogP contribution in [0.4, 0.5) is 0 Å². The van der Waals surface area contributed by atoms with E-state index in [1.165, 1.54) is 0 Å². The van der Waals surface area contributed by atoms with E-state index < -0.39 is 0 Å². The number of fused-ring (bicyclic) bond motifs is 1. The SMILES string of the molecule is Cc1c(C=O)[nH]c2c1C(=O)N(CC(CO)CN1CCOCC1)CC2. The first-order valence-corrected chi connectivity index (χ1v) is 8.51. The van der Waals surface area contributed by atoms with E-state index in [-0.39, 0.29) is 18.4 Å². The maximum Gasteiger partial charge on any atom is 0.255 e. The molecule has 2 N–H and O–H groups in total. The van der Waals surface area contributed by atoms with Gasteiger partial charge in [-0.05, 0) is 12.5 Å². The molecule has 1 unspecified atom stereocenters. The van der Waals surface area contributed by atoms with Crippen molar-refractivity contribution in [2.75, 3.05) is 52.5 Å². The lowest BCUT2D eigenvalue weighted by molar-refractivity contribution is 0.0205. The first-order valence-electron chi connectivity index (χ1n) is 8.51. The third-order valence-corrected chi connectivity index (χ3v) is 4.97. The Labute approximate surface area is 141 Å². The molecule has 0 aromatic carbocycles. The molecule has 1 atom stereocenters. The lowest BCUT2D eigenvalue weighted by Crippen LogP contribution is -2.46. The third kappa shape index (κ3) is 3.38. The summed E-state index contributed by atoms with van der Waals surface area (Å²) in [6.07, 6.45) is 1.48. The quantitative estimate of drug-likeness (QED) is 0.719. The van der Waals surface area contributed by atoms with Crippen molar-refractivity contribution in [1.82, 2.24) is 14.8 Å². The van der Waals surface area contributed by atoms with Gasteiger partial charge in [0.15, 0.2) is 6.29 Å². The highest BCUT2D eigenvalue weighted by Crippen LogP contribution is 2.24. The summed E-state index contributed by atoms with van der Waals surface area (Å²) in [4.78, 5) is 31.0. The Hall–Kier alpha value is -1.70. The number of aldehydes is 1. The standard InChI is InChI=1S/C17H25N3O4/c1-12-15(11-22)18-14-2-3-20(17(23)16(12)14)9-13(10-21)8-19-4-6-24-7-5-19/h11,13,18,21H,2-10H2,1H3. The zero-order valence-corrected chi connectivity index (χ0v) is 14.1. The van der Waals surface area contributed by atoms with E-state index in [4.69, 9.17) is 4.74 Å². The van der Waals surface area contributed by atoms with E-state index in [1.807, 2.05) is 0 Å². The molecule has 3 rings (SSSR count). The fourth-order valence-corrected chi connectivity index (χ4v) is 3.59. The van der Waals surface area contributed by atoms with Crippen LogP contribution in [-0.4, -0.2) is 84.6 Å². The van der Waals surface area contributed by atoms with E-state index in [0.29, 0.717) is 30.8 Å². The van der Waals surface area contributed by atoms with E-state index in [1.54, 1.807) is 11.8 Å². The van der Waals surface area contributed by atoms with Crippen LogP contribution in [0.15, 0.2) is 0 Å². The minimum atomic E-state index is -0.0430. The number of hydrogen-bond acceptors (Lipinski definition) is 5. The first-order chi connectivity index (χ1) is 11.6. The van der Waals surface area contributed by atoms with E-state index in [9.17, 15) is 14.7 Å². The summed E-state index contributed by atoms with van der Waals surface area (Å²) in [5.41, 5.74) is 2.70. The number of H-pyrrole nitrogens is 1. The summed E-state index contributed by atoms with van der Waals surface area (Å²) < 4.78 is 5.35. The van der Waals surface area contributed by atoms with Crippen molar-refractivity contribution >= 4 is 12.2 Å². The molecule has 3 heterocycles. The molecule has 0 radical (unpaired) electrons. The number of nitrogens with one attached hydrogen (secondary N) is 1. The number of rotatable bonds is 6. The van der Waals surface area contributed by atoms with Gasteiger partial charge in [-0.1, -0.05) is 0 Å². The number of nitrogens with zero attached hydrogens (tertiary/aromatic N) is 2. The van der Waals surface area contributed by atoms with Crippen LogP contribution in [0, 0.1) is 12.8 Å². The lowest BCUT2D eigenvalue weighted by atomic mass is 10.0. The third-order valence-electron chi connectivity index (χ3n) is 4.97. The van der Waals surface area contributed by atoms with Crippen LogP contribution in [0.1, 0.15) is 32.1 Å². The summed E-state index contributed by atoms with van der Waals surface area (Å²) in [6.45, 7) is 6.96. The maximum atomic E-state index is 12.8. The predicted octanol–water partition coefficient (Wildman–Crippen LogP) is 0.0746. The molecule has 0 bridgehead atoms. The fourth-order valence-electron chi connectivity index (χ4n) is 3.59. The molecule has 1 aromatic heterocycles. The summed E-state index contributed by atoms with van der Waals surface area (Å²) in [6, 6.07) is 0. The number of ether oxygens (including phenoxy) is 1. The van der Waals surface area contributed by atoms with Gasteiger partial charge in [0.1, 0.15) is 0 Å². The highest BCUT2D eigenvalue weighted by molar-refractivity contribution is 6.00. The first kappa shape index (κ1) is 17.1. The summed E-state index contributed by atoms with van der Waals surface area (Å²) in [5.74, 6) is -0.0167. The number of carbonyl (C=O) groups is 2. The van der Waals surface area contributed by atoms with Gasteiger partial charge in [0.05, 0.1) is 24.5 Å². The van der Waals surface area contributed by atoms with Gasteiger partial charge >= 0.3 is 0 Å². The molecule has 7 heteroatoms. The van der Waals surface area contributed by atoms with Crippen molar-refractivity contribution in [3.63, 3.8) is 0 Å². The molecule has 0 spiro atoms. The zero-order chi connectivity index (χ0) is 17.1. The van der Waals surface area contributed by atoms with Crippen molar-refractivity contribution in [3.05, 3.63) is 22.5 Å². The second-order valence-corrected chi connectivity index (χ2v) is 6.60. The number of aromatic nitrogens is 1. The molecule has 1 amide bonds. The number of amides is 1. The van der Waals surface area contributed by atoms with Crippen molar-refractivity contribution in [1.29, 1.82) is 0 Å². The van der Waals surface area contributed by atoms with Crippen LogP contribution < -0.4 is 0 Å². The maximum absolute atomic E-state index is 12.8. The molecule has 2 aliphatic rings. The van der Waals surface area contributed by atoms with Gasteiger partial charge in [0, 0.05) is 57.4 Å². The smallest absolute Gasteiger partial charge is 0.255 e. The van der Waals surface area contributed by atoms with Crippen LogP contribution in [-0.2, 0) is 11.2 Å². The molecule has 132 valence electrons. The fraction of sp³-hybridized carbons (Fsp3) is 0.647. The molecule has 1 aromatic rings. The molecule has 0 aliphatic carbocycles. The number of aliphatic hydroxyl groups excluding tert-OH is 1. The monoisotopic (exact) mass is 335 g/mol. The Morgan fingerprint density at radius 1 is 1.29 bits per heavy atom. The molecular formula is C17H25N3O4. The van der Waals surface area contributed by atoms with Gasteiger partial charge < -0.3 is 19.7 Å². The average molecular weight is 335 g/mol. The second kappa shape index (κ2) is 7.46. The van der Waals surface area contributed by atoms with Crippen molar-refractivity contribution in [2.45, 2.75) is 13.3 Å². The lowest BCUT2D eigenvalue weighted by Gasteiger charge is -2.34. The highest BCUT2D eigenvalue weighted by Gasteiger charge is 2.31. The minimum absolute atomic E-state index is 0.0263. The van der Waals surface area contributed by atoms with Crippen molar-refractivity contribution in [2.24, 2.45) is 5.92 Å². The molecular weight excluding hydrogens is 310 g/mol. The summed E-state index contributed by atoms with van der Waals surface area (Å²) in [7, 11) is 0. The molecule has 1 saturated heterocycles. The topological polar surface area (TPSA) is 85.9 Å². The van der Waals surface area contributed by atoms with Gasteiger partial charge in [-0.25, -0.2) is 0 Å². The van der Waals surface area contributed by atoms with E-state index in [0.717, 1.165) is 50.4 Å². The van der Waals surface area contributed by atoms with Crippen molar-refractivity contribution in [3.8, 4) is 0 Å². The minimum Gasteiger partial charge on any atom is -0.396 e. The van der Waals surface area contributed by atoms with Gasteiger partial charge in [-0.2, -0.15) is 0 Å². The van der Waals surface area contributed by atoms with E-state index >= 15 is 0 Å². The molecule has 7 nitrogen and oxygen atoms in total.